The van der Waals surface area contributed by atoms with Gasteiger partial charge in [0.05, 0.1) is 5.69 Å². The summed E-state index contributed by atoms with van der Waals surface area (Å²) in [6.45, 7) is 0. The van der Waals surface area contributed by atoms with Gasteiger partial charge >= 0.3 is 0 Å². The lowest BCUT2D eigenvalue weighted by molar-refractivity contribution is 1.38. The quantitative estimate of drug-likeness (QED) is 0.364. The lowest BCUT2D eigenvalue weighted by Gasteiger charge is -2.02. The van der Waals surface area contributed by atoms with Crippen LogP contribution in [-0.4, -0.2) is 10.7 Å². The summed E-state index contributed by atoms with van der Waals surface area (Å²) in [5, 5.41) is 7.46. The molecular formula is C15H10BCl2IN2S. The van der Waals surface area contributed by atoms with Gasteiger partial charge in [0.15, 0.2) is 10.8 Å². The summed E-state index contributed by atoms with van der Waals surface area (Å²) >= 11 is 15.1. The average Bonchev–Trinajstić information content (AvgIpc) is 2.98. The highest BCUT2D eigenvalue weighted by atomic mass is 127. The fraction of sp³-hybridized carbons (Fsp3) is 0. The van der Waals surface area contributed by atoms with E-state index in [1.807, 2.05) is 53.9 Å². The number of thiazole rings is 1. The number of halogens is 3. The number of rotatable bonds is 3. The molecule has 0 atom stereocenters. The lowest BCUT2D eigenvalue weighted by Crippen LogP contribution is -1.89. The molecule has 2 nitrogen and oxygen atoms in total. The van der Waals surface area contributed by atoms with E-state index in [4.69, 9.17) is 23.2 Å². The molecule has 2 radical (unpaired) electrons. The Balaban J connectivity index is 0.000000847. The molecule has 110 valence electrons. The Morgan fingerprint density at radius 2 is 1.68 bits per heavy atom. The molecule has 0 amide bonds. The van der Waals surface area contributed by atoms with Gasteiger partial charge in [-0.3, -0.25) is 0 Å². The van der Waals surface area contributed by atoms with Crippen molar-refractivity contribution in [1.29, 1.82) is 0 Å². The van der Waals surface area contributed by atoms with Crippen molar-refractivity contribution >= 4 is 73.4 Å². The van der Waals surface area contributed by atoms with Crippen molar-refractivity contribution in [3.63, 3.8) is 0 Å². The zero-order valence-corrected chi connectivity index (χ0v) is 15.7. The van der Waals surface area contributed by atoms with Crippen molar-refractivity contribution in [3.05, 3.63) is 64.0 Å². The molecule has 1 heterocycles. The molecule has 0 saturated heterocycles. The number of hydrogen-bond donors (Lipinski definition) is 1. The molecule has 3 aromatic rings. The number of nitrogens with zero attached hydrogens (tertiary/aromatic N) is 1. The first kappa shape index (κ1) is 17.6. The highest BCUT2D eigenvalue weighted by molar-refractivity contribution is 14.1. The van der Waals surface area contributed by atoms with Crippen molar-refractivity contribution < 1.29 is 0 Å². The highest BCUT2D eigenvalue weighted by Crippen LogP contribution is 2.29. The van der Waals surface area contributed by atoms with Crippen LogP contribution in [-0.2, 0) is 0 Å². The van der Waals surface area contributed by atoms with Crippen LogP contribution >= 0.6 is 56.9 Å². The summed E-state index contributed by atoms with van der Waals surface area (Å²) in [5.41, 5.74) is 7.30. The van der Waals surface area contributed by atoms with E-state index in [1.165, 1.54) is 0 Å². The second-order valence-corrected chi connectivity index (χ2v) is 5.91. The number of hydrogen-bond acceptors (Lipinski definition) is 3. The van der Waals surface area contributed by atoms with Crippen molar-refractivity contribution in [2.45, 2.75) is 0 Å². The fourth-order valence-corrected chi connectivity index (χ4v) is 2.92. The zero-order chi connectivity index (χ0) is 15.9. The first-order valence-corrected chi connectivity index (χ1v) is 9.05. The first-order chi connectivity index (χ1) is 10.7. The fourth-order valence-electron chi connectivity index (χ4n) is 1.80. The SMILES string of the molecule is Clc1cccc(Nc2nc(-c3cccc(Cl)c3)cs2)c1.[B]I. The summed E-state index contributed by atoms with van der Waals surface area (Å²) in [6, 6.07) is 15.2. The monoisotopic (exact) mass is 458 g/mol. The Morgan fingerprint density at radius 3 is 2.36 bits per heavy atom. The number of nitrogens with one attached hydrogen (secondary N) is 1. The molecule has 2 aromatic carbocycles. The van der Waals surface area contributed by atoms with Crippen LogP contribution in [0.25, 0.3) is 11.3 Å². The van der Waals surface area contributed by atoms with E-state index in [0.717, 1.165) is 22.1 Å². The largest absolute Gasteiger partial charge is 0.331 e. The topological polar surface area (TPSA) is 24.9 Å². The molecule has 7 heteroatoms. The normalized spacial score (nSPS) is 9.77. The molecule has 0 saturated carbocycles. The molecule has 1 aromatic heterocycles. The predicted octanol–water partition coefficient (Wildman–Crippen LogP) is 6.37. The third-order valence-electron chi connectivity index (χ3n) is 2.70. The summed E-state index contributed by atoms with van der Waals surface area (Å²) in [5.74, 6) is 0. The van der Waals surface area contributed by atoms with Crippen molar-refractivity contribution in [1.82, 2.24) is 4.98 Å². The molecule has 0 bridgehead atoms. The highest BCUT2D eigenvalue weighted by Gasteiger charge is 2.05. The van der Waals surface area contributed by atoms with Crippen molar-refractivity contribution in [3.8, 4) is 11.3 Å². The average molecular weight is 459 g/mol. The van der Waals surface area contributed by atoms with E-state index in [-0.39, 0.29) is 0 Å². The van der Waals surface area contributed by atoms with Crippen molar-refractivity contribution in [2.24, 2.45) is 0 Å². The van der Waals surface area contributed by atoms with Gasteiger partial charge in [-0.05, 0) is 30.3 Å². The Kier molecular flexibility index (Phi) is 7.01. The molecule has 0 aliphatic heterocycles. The van der Waals surface area contributed by atoms with E-state index >= 15 is 0 Å². The van der Waals surface area contributed by atoms with Crippen LogP contribution in [0.15, 0.2) is 53.9 Å². The zero-order valence-electron chi connectivity index (χ0n) is 11.3. The van der Waals surface area contributed by atoms with Gasteiger partial charge in [0.25, 0.3) is 0 Å². The Hall–Kier alpha value is -0.755. The second-order valence-electron chi connectivity index (χ2n) is 4.18. The van der Waals surface area contributed by atoms with Crippen LogP contribution in [0, 0.1) is 0 Å². The van der Waals surface area contributed by atoms with E-state index in [2.05, 4.69) is 16.0 Å². The maximum atomic E-state index is 5.99. The summed E-state index contributed by atoms with van der Waals surface area (Å²) in [4.78, 5) is 4.55. The van der Waals surface area contributed by atoms with Crippen LogP contribution in [0.1, 0.15) is 0 Å². The van der Waals surface area contributed by atoms with E-state index in [9.17, 15) is 0 Å². The molecule has 22 heavy (non-hydrogen) atoms. The van der Waals surface area contributed by atoms with E-state index in [1.54, 1.807) is 33.7 Å². The van der Waals surface area contributed by atoms with Crippen LogP contribution < -0.4 is 5.32 Å². The van der Waals surface area contributed by atoms with E-state index in [0.29, 0.717) is 10.0 Å². The molecule has 0 fully saturated rings. The minimum Gasteiger partial charge on any atom is -0.331 e. The van der Waals surface area contributed by atoms with Gasteiger partial charge in [-0.25, -0.2) is 4.98 Å². The summed E-state index contributed by atoms with van der Waals surface area (Å²) in [7, 11) is 0. The molecule has 1 N–H and O–H groups in total. The summed E-state index contributed by atoms with van der Waals surface area (Å²) < 4.78 is 0. The molecule has 0 spiro atoms. The Bertz CT molecular complexity index is 752. The maximum Gasteiger partial charge on any atom is 0.187 e. The van der Waals surface area contributed by atoms with Crippen LogP contribution in [0.5, 0.6) is 0 Å². The third-order valence-corrected chi connectivity index (χ3v) is 3.93. The second kappa shape index (κ2) is 8.77. The van der Waals surface area contributed by atoms with Gasteiger partial charge in [0, 0.05) is 26.7 Å². The molecule has 0 aliphatic carbocycles. The number of anilines is 2. The Labute approximate surface area is 158 Å². The predicted molar refractivity (Wildman–Crippen MR) is 107 cm³/mol. The first-order valence-electron chi connectivity index (χ1n) is 6.16. The maximum absolute atomic E-state index is 5.99. The minimum atomic E-state index is 0.696. The number of aromatic nitrogens is 1. The van der Waals surface area contributed by atoms with Crippen LogP contribution in [0.2, 0.25) is 10.0 Å². The smallest absolute Gasteiger partial charge is 0.187 e. The van der Waals surface area contributed by atoms with Gasteiger partial charge in [0.2, 0.25) is 0 Å². The van der Waals surface area contributed by atoms with Gasteiger partial charge in [-0.15, -0.1) is 11.3 Å². The molecular weight excluding hydrogens is 449 g/mol. The van der Waals surface area contributed by atoms with E-state index < -0.39 is 0 Å². The molecule has 0 unspecified atom stereocenters. The van der Waals surface area contributed by atoms with Gasteiger partial charge in [-0.2, -0.15) is 22.4 Å². The third kappa shape index (κ3) is 4.88. The standard InChI is InChI=1S/C15H10Cl2N2S.BI/c16-11-4-1-3-10(7-11)14-9-20-15(19-14)18-13-6-2-5-12(17)8-13;1-2/h1-9H,(H,18,19);. The summed E-state index contributed by atoms with van der Waals surface area (Å²) in [6.07, 6.45) is 0. The van der Waals surface area contributed by atoms with Gasteiger partial charge < -0.3 is 5.32 Å². The van der Waals surface area contributed by atoms with Gasteiger partial charge in [-0.1, -0.05) is 41.4 Å². The van der Waals surface area contributed by atoms with Crippen LogP contribution in [0.3, 0.4) is 0 Å². The van der Waals surface area contributed by atoms with Crippen LogP contribution in [0.4, 0.5) is 10.8 Å². The minimum absolute atomic E-state index is 0.696. The van der Waals surface area contributed by atoms with Gasteiger partial charge in [0.1, 0.15) is 0 Å². The van der Waals surface area contributed by atoms with Crippen molar-refractivity contribution in [2.75, 3.05) is 5.32 Å². The lowest BCUT2D eigenvalue weighted by atomic mass is 10.2. The Morgan fingerprint density at radius 1 is 1.00 bits per heavy atom. The molecule has 3 rings (SSSR count). The molecule has 0 aliphatic rings. The number of benzene rings is 2.